The third-order valence-corrected chi connectivity index (χ3v) is 8.96. The Balaban J connectivity index is 1.18. The molecule has 7 rings (SSSR count). The van der Waals surface area contributed by atoms with Crippen LogP contribution in [0.25, 0.3) is 22.2 Å². The molecule has 2 saturated heterocycles. The molecule has 3 atom stereocenters. The number of halogens is 3. The van der Waals surface area contributed by atoms with Gasteiger partial charge in [-0.15, -0.1) is 0 Å². The number of nitrogens with zero attached hydrogens (tertiary/aromatic N) is 3. The molecule has 2 aliphatic heterocycles. The monoisotopic (exact) mass is 681 g/mol. The molecule has 0 saturated carbocycles. The van der Waals surface area contributed by atoms with Gasteiger partial charge in [0, 0.05) is 40.7 Å². The molecule has 256 valence electrons. The lowest BCUT2D eigenvalue weighted by atomic mass is 9.99. The molecule has 0 aliphatic carbocycles. The fourth-order valence-electron chi connectivity index (χ4n) is 6.62. The third-order valence-electron chi connectivity index (χ3n) is 8.96. The van der Waals surface area contributed by atoms with E-state index in [1.54, 1.807) is 39.0 Å². The van der Waals surface area contributed by atoms with Crippen LogP contribution < -0.4 is 4.74 Å². The normalized spacial score (nSPS) is 18.6. The topological polar surface area (TPSA) is 95.6 Å². The highest BCUT2D eigenvalue weighted by Gasteiger charge is 2.43. The minimum Gasteiger partial charge on any atom is -0.473 e. The van der Waals surface area contributed by atoms with Crippen molar-refractivity contribution >= 4 is 16.9 Å². The summed E-state index contributed by atoms with van der Waals surface area (Å²) in [6.07, 6.45) is 0.514. The Hall–Kier alpha value is -5.18. The number of hydrogen-bond donors (Lipinski definition) is 0. The van der Waals surface area contributed by atoms with Crippen LogP contribution in [-0.4, -0.2) is 40.6 Å². The first-order valence-corrected chi connectivity index (χ1v) is 16.3. The Morgan fingerprint density at radius 3 is 2.58 bits per heavy atom. The van der Waals surface area contributed by atoms with Gasteiger partial charge in [0.2, 0.25) is 5.88 Å². The summed E-state index contributed by atoms with van der Waals surface area (Å²) >= 11 is 0. The number of pyridine rings is 1. The Bertz CT molecular complexity index is 2150. The van der Waals surface area contributed by atoms with Crippen LogP contribution in [0.3, 0.4) is 0 Å². The smallest absolute Gasteiger partial charge is 0.338 e. The van der Waals surface area contributed by atoms with Gasteiger partial charge in [-0.25, -0.2) is 22.9 Å². The molecule has 4 heterocycles. The summed E-state index contributed by atoms with van der Waals surface area (Å²) in [4.78, 5) is 17.3. The van der Waals surface area contributed by atoms with E-state index in [9.17, 15) is 9.18 Å². The molecule has 11 heteroatoms. The molecule has 2 aromatic heterocycles. The molecule has 8 nitrogen and oxygen atoms in total. The lowest BCUT2D eigenvalue weighted by Crippen LogP contribution is -2.24. The van der Waals surface area contributed by atoms with E-state index in [4.69, 9.17) is 24.2 Å². The third kappa shape index (κ3) is 6.69. The molecule has 0 bridgehead atoms. The molecule has 3 aromatic carbocycles. The summed E-state index contributed by atoms with van der Waals surface area (Å²) in [5, 5.41) is 9.81. The van der Waals surface area contributed by atoms with E-state index >= 15 is 8.78 Å². The number of carbonyl (C=O) groups is 1. The van der Waals surface area contributed by atoms with Gasteiger partial charge in [-0.3, -0.25) is 0 Å². The van der Waals surface area contributed by atoms with E-state index in [1.807, 2.05) is 18.2 Å². The number of ether oxygens (including phenoxy) is 4. The second kappa shape index (κ2) is 13.3. The Morgan fingerprint density at radius 2 is 1.80 bits per heavy atom. The minimum absolute atomic E-state index is 0.0565. The summed E-state index contributed by atoms with van der Waals surface area (Å²) in [5.41, 5.74) is 1.85. The number of benzene rings is 3. The summed E-state index contributed by atoms with van der Waals surface area (Å²) in [6, 6.07) is 20.0. The van der Waals surface area contributed by atoms with Crippen molar-refractivity contribution in [2.45, 2.75) is 58.2 Å². The zero-order chi connectivity index (χ0) is 35.2. The van der Waals surface area contributed by atoms with Crippen LogP contribution in [0.4, 0.5) is 13.2 Å². The first-order valence-electron chi connectivity index (χ1n) is 16.3. The lowest BCUT2D eigenvalue weighted by Gasteiger charge is -2.22. The van der Waals surface area contributed by atoms with E-state index in [2.05, 4.69) is 9.55 Å². The number of rotatable bonds is 8. The number of esters is 1. The van der Waals surface area contributed by atoms with Crippen molar-refractivity contribution in [2.24, 2.45) is 5.92 Å². The predicted molar refractivity (Wildman–Crippen MR) is 178 cm³/mol. The molecule has 50 heavy (non-hydrogen) atoms. The van der Waals surface area contributed by atoms with Crippen LogP contribution in [0.2, 0.25) is 0 Å². The minimum atomic E-state index is -0.674. The van der Waals surface area contributed by atoms with Crippen molar-refractivity contribution in [2.75, 3.05) is 13.2 Å². The highest BCUT2D eigenvalue weighted by molar-refractivity contribution is 5.95. The second-order valence-electron chi connectivity index (χ2n) is 13.5. The number of aromatic nitrogens is 2. The maximum atomic E-state index is 15.9. The first-order chi connectivity index (χ1) is 24.0. The molecule has 0 N–H and O–H groups in total. The van der Waals surface area contributed by atoms with E-state index in [0.717, 1.165) is 35.2 Å². The standard InChI is InChI=1S/C39H34F3N3O5/c1-39(2,3)50-37(46)24-10-9-23-14-27(45(34(23)17-24)35-21-49-38-28(35)11-12-47-38)15-26-16-32(42)29(18-31(26)41)33-5-4-6-36(44-33)48-20-25-8-7-22(19-43)13-30(25)40/h4-10,13-14,16-18,28,35,38H,11-12,15,20-21H2,1-3H3/t28?,35?,38-/m1/s1. The van der Waals surface area contributed by atoms with Crippen LogP contribution in [0.5, 0.6) is 5.88 Å². The molecule has 0 amide bonds. The summed E-state index contributed by atoms with van der Waals surface area (Å²) < 4.78 is 71.1. The first kappa shape index (κ1) is 33.3. The van der Waals surface area contributed by atoms with E-state index in [0.29, 0.717) is 18.8 Å². The van der Waals surface area contributed by atoms with Crippen molar-refractivity contribution in [3.63, 3.8) is 0 Å². The van der Waals surface area contributed by atoms with Gasteiger partial charge in [-0.05, 0) is 86.7 Å². The quantitative estimate of drug-likeness (QED) is 0.153. The van der Waals surface area contributed by atoms with E-state index in [1.165, 1.54) is 30.3 Å². The number of hydrogen-bond acceptors (Lipinski definition) is 7. The zero-order valence-corrected chi connectivity index (χ0v) is 27.7. The number of nitriles is 1. The van der Waals surface area contributed by atoms with Crippen LogP contribution in [0.15, 0.2) is 72.8 Å². The molecular weight excluding hydrogens is 647 g/mol. The van der Waals surface area contributed by atoms with E-state index < -0.39 is 29.0 Å². The number of carbonyl (C=O) groups excluding carboxylic acids is 1. The zero-order valence-electron chi connectivity index (χ0n) is 27.7. The average Bonchev–Trinajstić information content (AvgIpc) is 3.80. The second-order valence-corrected chi connectivity index (χ2v) is 13.5. The predicted octanol–water partition coefficient (Wildman–Crippen LogP) is 8.05. The Kier molecular flexibility index (Phi) is 8.84. The highest BCUT2D eigenvalue weighted by Crippen LogP contribution is 2.42. The van der Waals surface area contributed by atoms with Gasteiger partial charge in [0.05, 0.1) is 42.1 Å². The summed E-state index contributed by atoms with van der Waals surface area (Å²) in [5.74, 6) is -2.18. The maximum Gasteiger partial charge on any atom is 0.338 e. The van der Waals surface area contributed by atoms with Crippen molar-refractivity contribution in [1.29, 1.82) is 5.26 Å². The lowest BCUT2D eigenvalue weighted by molar-refractivity contribution is -0.0905. The Morgan fingerprint density at radius 1 is 0.980 bits per heavy atom. The molecule has 0 spiro atoms. The fraction of sp³-hybridized carbons (Fsp3) is 0.308. The van der Waals surface area contributed by atoms with Crippen molar-refractivity contribution < 1.29 is 36.9 Å². The largest absolute Gasteiger partial charge is 0.473 e. The number of fused-ring (bicyclic) bond motifs is 2. The van der Waals surface area contributed by atoms with Gasteiger partial charge in [0.15, 0.2) is 6.29 Å². The highest BCUT2D eigenvalue weighted by atomic mass is 19.1. The SMILES string of the molecule is CC(C)(C)OC(=O)c1ccc2cc(Cc3cc(F)c(-c4cccc(OCc5ccc(C#N)cc5F)n4)cc3F)n(C3CO[C@H]4OCCC34)c2c1. The van der Waals surface area contributed by atoms with Gasteiger partial charge in [0.25, 0.3) is 0 Å². The molecule has 5 aromatic rings. The van der Waals surface area contributed by atoms with Gasteiger partial charge < -0.3 is 23.5 Å². The fourth-order valence-corrected chi connectivity index (χ4v) is 6.62. The van der Waals surface area contributed by atoms with Crippen LogP contribution in [0.1, 0.15) is 66.0 Å². The molecule has 0 radical (unpaired) electrons. The van der Waals surface area contributed by atoms with Gasteiger partial charge in [-0.1, -0.05) is 18.2 Å². The molecule has 2 unspecified atom stereocenters. The Labute approximate surface area is 287 Å². The average molecular weight is 682 g/mol. The molecular formula is C39H34F3N3O5. The van der Waals surface area contributed by atoms with Crippen molar-refractivity contribution in [3.05, 3.63) is 118 Å². The molecule has 2 fully saturated rings. The summed E-state index contributed by atoms with van der Waals surface area (Å²) in [6.45, 7) is 6.19. The van der Waals surface area contributed by atoms with Gasteiger partial charge in [0.1, 0.15) is 29.7 Å². The van der Waals surface area contributed by atoms with E-state index in [-0.39, 0.29) is 65.1 Å². The maximum absolute atomic E-state index is 15.9. The van der Waals surface area contributed by atoms with Gasteiger partial charge >= 0.3 is 5.97 Å². The summed E-state index contributed by atoms with van der Waals surface area (Å²) in [7, 11) is 0. The van der Waals surface area contributed by atoms with Gasteiger partial charge in [-0.2, -0.15) is 5.26 Å². The van der Waals surface area contributed by atoms with Crippen LogP contribution in [-0.2, 0) is 27.2 Å². The van der Waals surface area contributed by atoms with Crippen molar-refractivity contribution in [3.8, 4) is 23.2 Å². The van der Waals surface area contributed by atoms with Crippen molar-refractivity contribution in [1.82, 2.24) is 9.55 Å². The van der Waals surface area contributed by atoms with Crippen LogP contribution in [0, 0.1) is 34.7 Å². The molecule has 2 aliphatic rings. The van der Waals surface area contributed by atoms with Crippen LogP contribution >= 0.6 is 0 Å².